The maximum Gasteiger partial charge on any atom is 0.235 e. The third-order valence-corrected chi connectivity index (χ3v) is 2.57. The van der Waals surface area contributed by atoms with Crippen LogP contribution in [0, 0.1) is 12.0 Å². The van der Waals surface area contributed by atoms with Gasteiger partial charge in [0.1, 0.15) is 11.5 Å². The Morgan fingerprint density at radius 3 is 2.87 bits per heavy atom. The molecule has 4 heteroatoms. The summed E-state index contributed by atoms with van der Waals surface area (Å²) in [6.07, 6.45) is 0. The second-order valence-electron chi connectivity index (χ2n) is 3.94. The van der Waals surface area contributed by atoms with Gasteiger partial charge in [-0.2, -0.15) is 0 Å². The van der Waals surface area contributed by atoms with Crippen LogP contribution in [0.4, 0.5) is 5.82 Å². The van der Waals surface area contributed by atoms with Crippen LogP contribution in [0.5, 0.6) is 0 Å². The van der Waals surface area contributed by atoms with Crippen LogP contribution in [0.3, 0.4) is 0 Å². The minimum absolute atomic E-state index is 0.0390. The number of hydrogen-bond acceptors (Lipinski definition) is 3. The van der Waals surface area contributed by atoms with Crippen molar-refractivity contribution in [1.82, 2.24) is 4.98 Å². The van der Waals surface area contributed by atoms with Gasteiger partial charge < -0.3 is 11.1 Å². The second kappa shape index (κ2) is 2.99. The Morgan fingerprint density at radius 1 is 1.47 bits per heavy atom. The molecule has 0 saturated heterocycles. The highest BCUT2D eigenvalue weighted by atomic mass is 16.2. The van der Waals surface area contributed by atoms with Gasteiger partial charge >= 0.3 is 0 Å². The first-order valence-electron chi connectivity index (χ1n) is 4.60. The van der Waals surface area contributed by atoms with Gasteiger partial charge in [0.25, 0.3) is 0 Å². The molecule has 76 valence electrons. The quantitative estimate of drug-likeness (QED) is 0.476. The maximum atomic E-state index is 11.6. The summed E-state index contributed by atoms with van der Waals surface area (Å²) in [6.45, 7) is 3.73. The van der Waals surface area contributed by atoms with E-state index in [-0.39, 0.29) is 5.91 Å². The van der Waals surface area contributed by atoms with Crippen LogP contribution in [0.25, 0.3) is 0 Å². The topological polar surface area (TPSA) is 68.0 Å². The summed E-state index contributed by atoms with van der Waals surface area (Å²) in [6, 6.07) is 5.91. The lowest BCUT2D eigenvalue weighted by Gasteiger charge is -2.13. The molecule has 0 spiro atoms. The number of fused-ring (bicyclic) bond motifs is 1. The molecule has 15 heavy (non-hydrogen) atoms. The van der Waals surface area contributed by atoms with Crippen molar-refractivity contribution >= 4 is 11.7 Å². The SMILES string of the molecule is CC1(C)C(=O)Nc2nc(C#CN)ccc21. The summed E-state index contributed by atoms with van der Waals surface area (Å²) < 4.78 is 0. The molecule has 2 heterocycles. The molecule has 2 rings (SSSR count). The molecule has 0 saturated carbocycles. The van der Waals surface area contributed by atoms with Crippen LogP contribution in [-0.4, -0.2) is 10.9 Å². The smallest absolute Gasteiger partial charge is 0.235 e. The molecule has 1 aromatic rings. The largest absolute Gasteiger partial charge is 0.359 e. The number of nitrogens with one attached hydrogen (secondary N) is 1. The van der Waals surface area contributed by atoms with Gasteiger partial charge in [-0.1, -0.05) is 6.07 Å². The number of nitrogens with two attached hydrogens (primary N) is 1. The summed E-state index contributed by atoms with van der Waals surface area (Å²) in [5.74, 6) is 3.19. The molecule has 0 bridgehead atoms. The number of nitrogens with zero attached hydrogens (tertiary/aromatic N) is 1. The molecule has 1 aliphatic heterocycles. The van der Waals surface area contributed by atoms with Crippen molar-refractivity contribution in [2.24, 2.45) is 5.73 Å². The van der Waals surface area contributed by atoms with Crippen molar-refractivity contribution in [2.75, 3.05) is 5.32 Å². The van der Waals surface area contributed by atoms with Crippen molar-refractivity contribution in [1.29, 1.82) is 0 Å². The molecule has 0 fully saturated rings. The lowest BCUT2D eigenvalue weighted by Crippen LogP contribution is -2.26. The molecular weight excluding hydrogens is 190 g/mol. The minimum atomic E-state index is -0.517. The number of hydrogen-bond donors (Lipinski definition) is 2. The van der Waals surface area contributed by atoms with E-state index in [0.29, 0.717) is 11.5 Å². The summed E-state index contributed by atoms with van der Waals surface area (Å²) in [4.78, 5) is 15.8. The van der Waals surface area contributed by atoms with Gasteiger partial charge in [0.2, 0.25) is 5.91 Å². The van der Waals surface area contributed by atoms with E-state index in [1.807, 2.05) is 19.9 Å². The molecule has 0 atom stereocenters. The van der Waals surface area contributed by atoms with Gasteiger partial charge in [-0.15, -0.1) is 0 Å². The summed E-state index contributed by atoms with van der Waals surface area (Å²) in [7, 11) is 0. The highest BCUT2D eigenvalue weighted by Crippen LogP contribution is 2.35. The minimum Gasteiger partial charge on any atom is -0.359 e. The van der Waals surface area contributed by atoms with Crippen molar-refractivity contribution in [2.45, 2.75) is 19.3 Å². The Kier molecular flexibility index (Phi) is 1.90. The first-order chi connectivity index (χ1) is 7.05. The average molecular weight is 201 g/mol. The van der Waals surface area contributed by atoms with Crippen LogP contribution < -0.4 is 11.1 Å². The number of aromatic nitrogens is 1. The third-order valence-electron chi connectivity index (χ3n) is 2.57. The van der Waals surface area contributed by atoms with E-state index in [2.05, 4.69) is 22.3 Å². The van der Waals surface area contributed by atoms with Crippen LogP contribution in [0.1, 0.15) is 25.1 Å². The van der Waals surface area contributed by atoms with E-state index in [0.717, 1.165) is 5.56 Å². The molecule has 3 N–H and O–H groups in total. The molecule has 1 aliphatic rings. The number of pyridine rings is 1. The molecule has 1 aromatic heterocycles. The van der Waals surface area contributed by atoms with Gasteiger partial charge in [-0.05, 0) is 25.8 Å². The Hall–Kier alpha value is -2.02. The Morgan fingerprint density at radius 2 is 2.20 bits per heavy atom. The van der Waals surface area contributed by atoms with Crippen molar-refractivity contribution in [3.8, 4) is 12.0 Å². The van der Waals surface area contributed by atoms with Crippen LogP contribution in [0.2, 0.25) is 0 Å². The summed E-state index contributed by atoms with van der Waals surface area (Å²) in [5, 5.41) is 2.73. The van der Waals surface area contributed by atoms with E-state index in [1.54, 1.807) is 6.07 Å². The van der Waals surface area contributed by atoms with Crippen molar-refractivity contribution in [3.63, 3.8) is 0 Å². The standard InChI is InChI=1S/C11H11N3O/c1-11(2)8-4-3-7(5-6-12)13-9(8)14-10(11)15/h3-4H,12H2,1-2H3,(H,13,14,15). The fourth-order valence-corrected chi connectivity index (χ4v) is 1.59. The van der Waals surface area contributed by atoms with E-state index in [9.17, 15) is 4.79 Å². The van der Waals surface area contributed by atoms with E-state index < -0.39 is 5.41 Å². The number of carbonyl (C=O) groups excluding carboxylic acids is 1. The average Bonchev–Trinajstić information content (AvgIpc) is 2.38. The van der Waals surface area contributed by atoms with Crippen LogP contribution in [0.15, 0.2) is 12.1 Å². The van der Waals surface area contributed by atoms with Gasteiger partial charge in [0.05, 0.1) is 5.41 Å². The van der Waals surface area contributed by atoms with E-state index >= 15 is 0 Å². The second-order valence-corrected chi connectivity index (χ2v) is 3.94. The predicted octanol–water partition coefficient (Wildman–Crippen LogP) is 0.579. The summed E-state index contributed by atoms with van der Waals surface area (Å²) in [5.41, 5.74) is 6.04. The highest BCUT2D eigenvalue weighted by molar-refractivity contribution is 6.04. The van der Waals surface area contributed by atoms with E-state index in [1.165, 1.54) is 0 Å². The highest BCUT2D eigenvalue weighted by Gasteiger charge is 2.39. The van der Waals surface area contributed by atoms with Gasteiger partial charge in [0, 0.05) is 11.6 Å². The Balaban J connectivity index is 2.54. The molecule has 4 nitrogen and oxygen atoms in total. The normalized spacial score (nSPS) is 16.3. The molecule has 1 amide bonds. The number of carbonyl (C=O) groups is 1. The zero-order valence-corrected chi connectivity index (χ0v) is 8.59. The first-order valence-corrected chi connectivity index (χ1v) is 4.60. The fourth-order valence-electron chi connectivity index (χ4n) is 1.59. The Labute approximate surface area is 87.9 Å². The molecule has 0 unspecified atom stereocenters. The van der Waals surface area contributed by atoms with Gasteiger partial charge in [0.15, 0.2) is 0 Å². The van der Waals surface area contributed by atoms with Crippen LogP contribution >= 0.6 is 0 Å². The third kappa shape index (κ3) is 1.33. The lowest BCUT2D eigenvalue weighted by atomic mass is 9.87. The zero-order chi connectivity index (χ0) is 11.1. The number of amides is 1. The van der Waals surface area contributed by atoms with Crippen LogP contribution in [-0.2, 0) is 10.2 Å². The molecular formula is C11H11N3O. The summed E-state index contributed by atoms with van der Waals surface area (Å²) >= 11 is 0. The first kappa shape index (κ1) is 9.53. The molecule has 0 radical (unpaired) electrons. The zero-order valence-electron chi connectivity index (χ0n) is 8.59. The number of rotatable bonds is 0. The van der Waals surface area contributed by atoms with Gasteiger partial charge in [-0.3, -0.25) is 4.79 Å². The molecule has 0 aromatic carbocycles. The fraction of sp³-hybridized carbons (Fsp3) is 0.273. The predicted molar refractivity (Wildman–Crippen MR) is 57.0 cm³/mol. The number of anilines is 1. The van der Waals surface area contributed by atoms with E-state index in [4.69, 9.17) is 5.73 Å². The molecule has 0 aliphatic carbocycles. The van der Waals surface area contributed by atoms with Gasteiger partial charge in [-0.25, -0.2) is 4.98 Å². The lowest BCUT2D eigenvalue weighted by molar-refractivity contribution is -0.119. The van der Waals surface area contributed by atoms with Crippen molar-refractivity contribution < 1.29 is 4.79 Å². The maximum absolute atomic E-state index is 11.6. The Bertz CT molecular complexity index is 494. The van der Waals surface area contributed by atoms with Crippen molar-refractivity contribution in [3.05, 3.63) is 23.4 Å². The monoisotopic (exact) mass is 201 g/mol.